The van der Waals surface area contributed by atoms with Gasteiger partial charge in [-0.2, -0.15) is 31.4 Å². The lowest BCUT2D eigenvalue weighted by Gasteiger charge is -2.18. The van der Waals surface area contributed by atoms with Gasteiger partial charge in [0.2, 0.25) is 0 Å². The van der Waals surface area contributed by atoms with Crippen LogP contribution in [0.25, 0.3) is 22.4 Å². The van der Waals surface area contributed by atoms with Gasteiger partial charge in [0.05, 0.1) is 61.5 Å². The Morgan fingerprint density at radius 2 is 1.45 bits per heavy atom. The summed E-state index contributed by atoms with van der Waals surface area (Å²) in [6, 6.07) is 6.51. The molecular formula is C29H34ClF6N3O5. The lowest BCUT2D eigenvalue weighted by Crippen LogP contribution is -2.13. The molecule has 0 unspecified atom stereocenters. The van der Waals surface area contributed by atoms with E-state index >= 15 is 0 Å². The van der Waals surface area contributed by atoms with Crippen molar-refractivity contribution in [1.29, 1.82) is 0 Å². The molecule has 0 fully saturated rings. The summed E-state index contributed by atoms with van der Waals surface area (Å²) in [6.45, 7) is 3.33. The molecule has 3 aromatic rings. The molecule has 0 aliphatic heterocycles. The predicted octanol–water partition coefficient (Wildman–Crippen LogP) is 6.71. The molecule has 0 saturated carbocycles. The Hall–Kier alpha value is -3.04. The van der Waals surface area contributed by atoms with E-state index in [-0.39, 0.29) is 34.7 Å². The van der Waals surface area contributed by atoms with Crippen molar-refractivity contribution >= 4 is 11.6 Å². The quantitative estimate of drug-likeness (QED) is 0.123. The number of phenolic OH excluding ortho intramolecular Hbond substituents is 1. The van der Waals surface area contributed by atoms with Crippen LogP contribution in [0.2, 0.25) is 5.02 Å². The fraction of sp³-hybridized carbons (Fsp3) is 0.483. The largest absolute Gasteiger partial charge is 0.506 e. The highest BCUT2D eigenvalue weighted by atomic mass is 35.5. The molecule has 0 bridgehead atoms. The highest BCUT2D eigenvalue weighted by molar-refractivity contribution is 6.31. The van der Waals surface area contributed by atoms with Gasteiger partial charge in [-0.3, -0.25) is 4.68 Å². The molecule has 244 valence electrons. The number of nitrogens with two attached hydrogens (primary N) is 1. The number of benzene rings is 2. The van der Waals surface area contributed by atoms with Gasteiger partial charge in [-0.05, 0) is 55.2 Å². The number of aryl methyl sites for hydroxylation is 1. The number of ether oxygens (including phenoxy) is 4. The van der Waals surface area contributed by atoms with Crippen LogP contribution in [-0.4, -0.2) is 67.7 Å². The van der Waals surface area contributed by atoms with Crippen molar-refractivity contribution in [2.75, 3.05) is 52.8 Å². The third kappa shape index (κ3) is 9.99. The van der Waals surface area contributed by atoms with Crippen LogP contribution in [-0.2, 0) is 33.6 Å². The lowest BCUT2D eigenvalue weighted by molar-refractivity contribution is -0.141. The zero-order chi connectivity index (χ0) is 32.3. The van der Waals surface area contributed by atoms with Gasteiger partial charge in [-0.15, -0.1) is 0 Å². The number of rotatable bonds is 17. The van der Waals surface area contributed by atoms with Crippen molar-refractivity contribution in [2.24, 2.45) is 12.8 Å². The fourth-order valence-corrected chi connectivity index (χ4v) is 4.45. The first kappa shape index (κ1) is 35.4. The second kappa shape index (κ2) is 16.3. The normalized spacial score (nSPS) is 12.2. The molecule has 3 rings (SSSR count). The zero-order valence-electron chi connectivity index (χ0n) is 23.9. The van der Waals surface area contributed by atoms with Crippen molar-refractivity contribution in [3.63, 3.8) is 0 Å². The molecular weight excluding hydrogens is 620 g/mol. The fourth-order valence-electron chi connectivity index (χ4n) is 4.22. The summed E-state index contributed by atoms with van der Waals surface area (Å²) >= 11 is 5.79. The molecule has 44 heavy (non-hydrogen) atoms. The standard InChI is InChI=1S/C29H34ClF6N3O5/c1-39-23(18-25(38-39)29(34,35)36)20-6-8-24(26(27(20)40)19-5-7-22(30)21(17-19)28(31,32)33)44-11-4-2-3-10-41-13-15-43-16-14-42-12-9-37/h5-8,17-18,40H,2-4,9-16,37H2,1H3. The summed E-state index contributed by atoms with van der Waals surface area (Å²) in [7, 11) is 1.26. The molecule has 0 saturated heterocycles. The summed E-state index contributed by atoms with van der Waals surface area (Å²) in [5.41, 5.74) is 2.60. The maximum absolute atomic E-state index is 13.6. The Morgan fingerprint density at radius 1 is 0.818 bits per heavy atom. The number of hydrogen-bond acceptors (Lipinski definition) is 7. The third-order valence-corrected chi connectivity index (χ3v) is 6.67. The first-order valence-corrected chi connectivity index (χ1v) is 14.1. The zero-order valence-corrected chi connectivity index (χ0v) is 24.7. The maximum Gasteiger partial charge on any atom is 0.435 e. The first-order valence-electron chi connectivity index (χ1n) is 13.8. The second-order valence-corrected chi connectivity index (χ2v) is 10.0. The Bertz CT molecular complexity index is 1350. The minimum absolute atomic E-state index is 0.0451. The molecule has 2 aromatic carbocycles. The van der Waals surface area contributed by atoms with Gasteiger partial charge in [0.15, 0.2) is 5.69 Å². The molecule has 0 aliphatic rings. The minimum atomic E-state index is -4.79. The van der Waals surface area contributed by atoms with Crippen LogP contribution in [0.15, 0.2) is 36.4 Å². The second-order valence-electron chi connectivity index (χ2n) is 9.60. The Kier molecular flexibility index (Phi) is 13.1. The highest BCUT2D eigenvalue weighted by Crippen LogP contribution is 2.47. The summed E-state index contributed by atoms with van der Waals surface area (Å²) in [5.74, 6) is -0.528. The van der Waals surface area contributed by atoms with Crippen LogP contribution < -0.4 is 10.5 Å². The van der Waals surface area contributed by atoms with Gasteiger partial charge < -0.3 is 29.8 Å². The van der Waals surface area contributed by atoms with E-state index < -0.39 is 34.4 Å². The maximum atomic E-state index is 13.6. The molecule has 0 atom stereocenters. The molecule has 3 N–H and O–H groups in total. The minimum Gasteiger partial charge on any atom is -0.506 e. The van der Waals surface area contributed by atoms with E-state index in [1.54, 1.807) is 0 Å². The SMILES string of the molecule is Cn1nc(C(F)(F)F)cc1-c1ccc(OCCCCCOCCOCCOCCN)c(-c2ccc(Cl)c(C(F)(F)F)c2)c1O. The van der Waals surface area contributed by atoms with Gasteiger partial charge in [0.25, 0.3) is 0 Å². The monoisotopic (exact) mass is 653 g/mol. The molecule has 0 spiro atoms. The molecule has 0 amide bonds. The molecule has 1 aromatic heterocycles. The number of nitrogens with zero attached hydrogens (tertiary/aromatic N) is 2. The third-order valence-electron chi connectivity index (χ3n) is 6.34. The number of aromatic nitrogens is 2. The van der Waals surface area contributed by atoms with Gasteiger partial charge in [0.1, 0.15) is 11.5 Å². The van der Waals surface area contributed by atoms with Gasteiger partial charge >= 0.3 is 12.4 Å². The van der Waals surface area contributed by atoms with E-state index in [1.807, 2.05) is 0 Å². The summed E-state index contributed by atoms with van der Waals surface area (Å²) in [4.78, 5) is 0. The predicted molar refractivity (Wildman–Crippen MR) is 152 cm³/mol. The van der Waals surface area contributed by atoms with E-state index in [0.717, 1.165) is 22.9 Å². The topological polar surface area (TPSA) is 101 Å². The molecule has 1 heterocycles. The van der Waals surface area contributed by atoms with E-state index in [4.69, 9.17) is 36.3 Å². The van der Waals surface area contributed by atoms with Gasteiger partial charge in [-0.1, -0.05) is 17.7 Å². The van der Waals surface area contributed by atoms with Gasteiger partial charge in [0, 0.05) is 25.8 Å². The van der Waals surface area contributed by atoms with Crippen LogP contribution >= 0.6 is 11.6 Å². The number of hydrogen-bond donors (Lipinski definition) is 2. The van der Waals surface area contributed by atoms with Crippen molar-refractivity contribution in [3.05, 3.63) is 52.7 Å². The van der Waals surface area contributed by atoms with E-state index in [0.29, 0.717) is 65.4 Å². The average molecular weight is 654 g/mol. The molecule has 15 heteroatoms. The van der Waals surface area contributed by atoms with E-state index in [2.05, 4.69) is 5.10 Å². The summed E-state index contributed by atoms with van der Waals surface area (Å²) in [6.07, 6.45) is -7.55. The van der Waals surface area contributed by atoms with Crippen LogP contribution in [0.4, 0.5) is 26.3 Å². The van der Waals surface area contributed by atoms with Crippen LogP contribution in [0.5, 0.6) is 11.5 Å². The van der Waals surface area contributed by atoms with Crippen molar-refractivity contribution in [1.82, 2.24) is 9.78 Å². The Balaban J connectivity index is 1.70. The van der Waals surface area contributed by atoms with Crippen molar-refractivity contribution in [2.45, 2.75) is 31.6 Å². The van der Waals surface area contributed by atoms with Crippen LogP contribution in [0.3, 0.4) is 0 Å². The highest BCUT2D eigenvalue weighted by Gasteiger charge is 2.36. The van der Waals surface area contributed by atoms with Crippen LogP contribution in [0, 0.1) is 0 Å². The lowest BCUT2D eigenvalue weighted by atomic mass is 9.97. The van der Waals surface area contributed by atoms with Crippen molar-refractivity contribution in [3.8, 4) is 33.9 Å². The number of aromatic hydroxyl groups is 1. The number of phenols is 1. The number of alkyl halides is 6. The Labute approximate surface area is 255 Å². The smallest absolute Gasteiger partial charge is 0.435 e. The van der Waals surface area contributed by atoms with E-state index in [1.165, 1.54) is 25.2 Å². The summed E-state index contributed by atoms with van der Waals surface area (Å²) < 4.78 is 104. The Morgan fingerprint density at radius 3 is 2.07 bits per heavy atom. The average Bonchev–Trinajstić information content (AvgIpc) is 3.35. The molecule has 0 aliphatic carbocycles. The van der Waals surface area contributed by atoms with Crippen molar-refractivity contribution < 1.29 is 50.4 Å². The molecule has 8 nitrogen and oxygen atoms in total. The van der Waals surface area contributed by atoms with E-state index in [9.17, 15) is 31.4 Å². The van der Waals surface area contributed by atoms with Gasteiger partial charge in [-0.25, -0.2) is 0 Å². The number of unbranched alkanes of at least 4 members (excludes halogenated alkanes) is 2. The molecule has 0 radical (unpaired) electrons. The first-order chi connectivity index (χ1) is 20.8. The number of halogens is 7. The van der Waals surface area contributed by atoms with Crippen LogP contribution in [0.1, 0.15) is 30.5 Å². The summed E-state index contributed by atoms with van der Waals surface area (Å²) in [5, 5.41) is 14.1.